The molecule has 3 aromatic carbocycles. The molecular formula is C30H27FN2O3. The largest absolute Gasteiger partial charge is 0.455 e. The molecule has 182 valence electrons. The second kappa shape index (κ2) is 10.7. The highest BCUT2D eigenvalue weighted by molar-refractivity contribution is 6.08. The number of carbonyl (C=O) groups excluding carboxylic acids is 2. The van der Waals surface area contributed by atoms with Crippen molar-refractivity contribution < 1.29 is 18.7 Å². The van der Waals surface area contributed by atoms with E-state index >= 15 is 0 Å². The fraction of sp³-hybridized carbons (Fsp3) is 0.233. The fourth-order valence-electron chi connectivity index (χ4n) is 4.97. The van der Waals surface area contributed by atoms with Gasteiger partial charge < -0.3 is 4.74 Å². The molecule has 0 spiro atoms. The number of hydrazone groups is 1. The van der Waals surface area contributed by atoms with Gasteiger partial charge in [-0.15, -0.1) is 0 Å². The van der Waals surface area contributed by atoms with Gasteiger partial charge in [0.2, 0.25) is 0 Å². The lowest BCUT2D eigenvalue weighted by molar-refractivity contribution is -0.152. The number of hydrogen-bond donors (Lipinski definition) is 0. The second-order valence-corrected chi connectivity index (χ2v) is 9.12. The molecule has 1 saturated carbocycles. The third kappa shape index (κ3) is 5.28. The predicted molar refractivity (Wildman–Crippen MR) is 136 cm³/mol. The summed E-state index contributed by atoms with van der Waals surface area (Å²) in [5.74, 6) is -1.20. The van der Waals surface area contributed by atoms with Crippen molar-refractivity contribution in [3.05, 3.63) is 113 Å². The molecule has 2 unspecified atom stereocenters. The zero-order valence-corrected chi connectivity index (χ0v) is 19.8. The lowest BCUT2D eigenvalue weighted by Gasteiger charge is -2.29. The molecule has 5 nitrogen and oxygen atoms in total. The van der Waals surface area contributed by atoms with Gasteiger partial charge in [-0.2, -0.15) is 5.10 Å². The SMILES string of the molecule is O=C(Cc1ccc(F)cc1)OCC(=O)N1N=C2C(=Cc3ccccc3)CCCC2C1c1ccccc1. The topological polar surface area (TPSA) is 59.0 Å². The fourth-order valence-corrected chi connectivity index (χ4v) is 4.97. The summed E-state index contributed by atoms with van der Waals surface area (Å²) in [4.78, 5) is 25.7. The van der Waals surface area contributed by atoms with Gasteiger partial charge in [0.1, 0.15) is 5.82 Å². The van der Waals surface area contributed by atoms with E-state index < -0.39 is 12.6 Å². The quantitative estimate of drug-likeness (QED) is 0.422. The molecule has 1 aliphatic heterocycles. The Morgan fingerprint density at radius 1 is 0.972 bits per heavy atom. The number of esters is 1. The summed E-state index contributed by atoms with van der Waals surface area (Å²) >= 11 is 0. The van der Waals surface area contributed by atoms with Gasteiger partial charge in [0.25, 0.3) is 5.91 Å². The van der Waals surface area contributed by atoms with Crippen LogP contribution in [0.5, 0.6) is 0 Å². The van der Waals surface area contributed by atoms with Gasteiger partial charge in [-0.3, -0.25) is 9.59 Å². The molecule has 1 aliphatic carbocycles. The Morgan fingerprint density at radius 3 is 2.39 bits per heavy atom. The van der Waals surface area contributed by atoms with Crippen molar-refractivity contribution in [2.24, 2.45) is 11.0 Å². The minimum atomic E-state index is -0.542. The Balaban J connectivity index is 1.36. The summed E-state index contributed by atoms with van der Waals surface area (Å²) in [5, 5.41) is 6.32. The lowest BCUT2D eigenvalue weighted by Crippen LogP contribution is -2.34. The zero-order valence-electron chi connectivity index (χ0n) is 19.8. The van der Waals surface area contributed by atoms with Crippen molar-refractivity contribution in [2.75, 3.05) is 6.61 Å². The molecule has 0 saturated heterocycles. The van der Waals surface area contributed by atoms with Crippen LogP contribution in [0, 0.1) is 11.7 Å². The zero-order chi connectivity index (χ0) is 24.9. The van der Waals surface area contributed by atoms with Crippen LogP contribution in [0.3, 0.4) is 0 Å². The molecule has 0 N–H and O–H groups in total. The van der Waals surface area contributed by atoms with Crippen LogP contribution in [0.2, 0.25) is 0 Å². The Hall–Kier alpha value is -4.06. The van der Waals surface area contributed by atoms with Gasteiger partial charge in [-0.25, -0.2) is 9.40 Å². The van der Waals surface area contributed by atoms with E-state index in [1.54, 1.807) is 0 Å². The molecule has 5 rings (SSSR count). The van der Waals surface area contributed by atoms with Crippen molar-refractivity contribution >= 4 is 23.7 Å². The van der Waals surface area contributed by atoms with E-state index in [4.69, 9.17) is 9.84 Å². The van der Waals surface area contributed by atoms with E-state index in [0.717, 1.165) is 41.7 Å². The van der Waals surface area contributed by atoms with Gasteiger partial charge in [-0.1, -0.05) is 72.8 Å². The van der Waals surface area contributed by atoms with E-state index in [1.165, 1.54) is 29.3 Å². The van der Waals surface area contributed by atoms with Crippen molar-refractivity contribution in [1.82, 2.24) is 5.01 Å². The molecule has 36 heavy (non-hydrogen) atoms. The maximum absolute atomic E-state index is 13.3. The number of ether oxygens (including phenoxy) is 1. The molecule has 2 atom stereocenters. The van der Waals surface area contributed by atoms with Crippen LogP contribution >= 0.6 is 0 Å². The Labute approximate surface area is 209 Å². The summed E-state index contributed by atoms with van der Waals surface area (Å²) in [7, 11) is 0. The molecule has 1 amide bonds. The van der Waals surface area contributed by atoms with Crippen molar-refractivity contribution in [2.45, 2.75) is 31.7 Å². The normalized spacial score (nSPS) is 20.1. The second-order valence-electron chi connectivity index (χ2n) is 9.12. The summed E-state index contributed by atoms with van der Waals surface area (Å²) < 4.78 is 18.4. The molecule has 0 radical (unpaired) electrons. The number of benzene rings is 3. The number of halogens is 1. The average molecular weight is 483 g/mol. The molecule has 0 aromatic heterocycles. The minimum absolute atomic E-state index is 0.0310. The molecule has 2 aliphatic rings. The van der Waals surface area contributed by atoms with E-state index in [9.17, 15) is 14.0 Å². The van der Waals surface area contributed by atoms with Crippen LogP contribution in [0.4, 0.5) is 4.39 Å². The van der Waals surface area contributed by atoms with E-state index in [0.29, 0.717) is 5.56 Å². The molecule has 6 heteroatoms. The summed E-state index contributed by atoms with van der Waals surface area (Å²) in [6.07, 6.45) is 4.97. The molecule has 1 heterocycles. The highest BCUT2D eigenvalue weighted by Crippen LogP contribution is 2.44. The number of carbonyl (C=O) groups is 2. The highest BCUT2D eigenvalue weighted by atomic mass is 19.1. The van der Waals surface area contributed by atoms with Gasteiger partial charge in [0.05, 0.1) is 18.2 Å². The molecule has 3 aromatic rings. The first-order chi connectivity index (χ1) is 17.6. The highest BCUT2D eigenvalue weighted by Gasteiger charge is 2.43. The number of hydrogen-bond acceptors (Lipinski definition) is 4. The van der Waals surface area contributed by atoms with Crippen molar-refractivity contribution in [3.8, 4) is 0 Å². The maximum Gasteiger partial charge on any atom is 0.310 e. The van der Waals surface area contributed by atoms with Gasteiger partial charge in [0, 0.05) is 5.92 Å². The predicted octanol–water partition coefficient (Wildman–Crippen LogP) is 5.73. The number of amides is 1. The molecule has 0 bridgehead atoms. The van der Waals surface area contributed by atoms with E-state index in [-0.39, 0.29) is 30.1 Å². The third-order valence-electron chi connectivity index (χ3n) is 6.66. The third-order valence-corrected chi connectivity index (χ3v) is 6.66. The first-order valence-electron chi connectivity index (χ1n) is 12.2. The Morgan fingerprint density at radius 2 is 1.67 bits per heavy atom. The minimum Gasteiger partial charge on any atom is -0.455 e. The van der Waals surface area contributed by atoms with E-state index in [1.807, 2.05) is 48.5 Å². The summed E-state index contributed by atoms with van der Waals surface area (Å²) in [6.45, 7) is -0.398. The number of nitrogens with zero attached hydrogens (tertiary/aromatic N) is 2. The number of rotatable bonds is 6. The molecular weight excluding hydrogens is 455 g/mol. The van der Waals surface area contributed by atoms with Crippen LogP contribution in [0.15, 0.2) is 95.6 Å². The lowest BCUT2D eigenvalue weighted by atomic mass is 9.77. The first-order valence-corrected chi connectivity index (χ1v) is 12.2. The van der Waals surface area contributed by atoms with Crippen molar-refractivity contribution in [1.29, 1.82) is 0 Å². The molecule has 1 fully saturated rings. The van der Waals surface area contributed by atoms with Crippen LogP contribution in [0.1, 0.15) is 42.0 Å². The van der Waals surface area contributed by atoms with Gasteiger partial charge in [0.15, 0.2) is 6.61 Å². The summed E-state index contributed by atoms with van der Waals surface area (Å²) in [6, 6.07) is 25.4. The first kappa shape index (κ1) is 23.7. The standard InChI is InChI=1S/C30H27FN2O3/c31-25-16-14-22(15-17-25)19-28(35)36-20-27(34)33-30(23-10-5-2-6-11-23)26-13-7-12-24(29(26)32-33)18-21-8-3-1-4-9-21/h1-6,8-11,14-18,26,30H,7,12-13,19-20H2. The van der Waals surface area contributed by atoms with E-state index in [2.05, 4.69) is 18.2 Å². The Bertz CT molecular complexity index is 1290. The average Bonchev–Trinajstić information content (AvgIpc) is 3.31. The smallest absolute Gasteiger partial charge is 0.310 e. The van der Waals surface area contributed by atoms with Gasteiger partial charge >= 0.3 is 5.97 Å². The number of fused-ring (bicyclic) bond motifs is 1. The van der Waals surface area contributed by atoms with Crippen LogP contribution in [-0.4, -0.2) is 29.2 Å². The van der Waals surface area contributed by atoms with Gasteiger partial charge in [-0.05, 0) is 59.7 Å². The monoisotopic (exact) mass is 482 g/mol. The summed E-state index contributed by atoms with van der Waals surface area (Å²) in [5.41, 5.74) is 4.81. The number of allylic oxidation sites excluding steroid dienone is 1. The van der Waals surface area contributed by atoms with Crippen LogP contribution in [0.25, 0.3) is 6.08 Å². The maximum atomic E-state index is 13.3. The Kier molecular flexibility index (Phi) is 7.03. The van der Waals surface area contributed by atoms with Crippen LogP contribution < -0.4 is 0 Å². The van der Waals surface area contributed by atoms with Crippen LogP contribution in [-0.2, 0) is 20.7 Å². The van der Waals surface area contributed by atoms with Crippen molar-refractivity contribution in [3.63, 3.8) is 0 Å².